The van der Waals surface area contributed by atoms with Crippen molar-refractivity contribution in [3.8, 4) is 11.5 Å². The molecule has 0 aliphatic carbocycles. The maximum absolute atomic E-state index is 12.1. The highest BCUT2D eigenvalue weighted by molar-refractivity contribution is 5.89. The zero-order valence-electron chi connectivity index (χ0n) is 15.8. The van der Waals surface area contributed by atoms with Gasteiger partial charge >= 0.3 is 5.97 Å². The molecule has 0 radical (unpaired) electrons. The summed E-state index contributed by atoms with van der Waals surface area (Å²) in [5, 5.41) is 2.70. The molecule has 0 aliphatic rings. The van der Waals surface area contributed by atoms with E-state index in [4.69, 9.17) is 14.2 Å². The van der Waals surface area contributed by atoms with E-state index in [1.165, 1.54) is 13.0 Å². The number of nitrogens with one attached hydrogen (secondary N) is 1. The number of benzene rings is 2. The first-order valence-corrected chi connectivity index (χ1v) is 8.40. The van der Waals surface area contributed by atoms with Gasteiger partial charge in [-0.2, -0.15) is 0 Å². The molecule has 2 aromatic rings. The lowest BCUT2D eigenvalue weighted by Crippen LogP contribution is -2.08. The molecule has 27 heavy (non-hydrogen) atoms. The first-order valence-electron chi connectivity index (χ1n) is 8.40. The normalized spacial score (nSPS) is 11.7. The Balaban J connectivity index is 2.04. The maximum atomic E-state index is 12.1. The van der Waals surface area contributed by atoms with Crippen LogP contribution in [0.5, 0.6) is 11.5 Å². The molecule has 6 nitrogen and oxygen atoms in total. The summed E-state index contributed by atoms with van der Waals surface area (Å²) in [5.74, 6) is 0.624. The van der Waals surface area contributed by atoms with E-state index in [0.717, 1.165) is 11.1 Å². The summed E-state index contributed by atoms with van der Waals surface area (Å²) in [6, 6.07) is 12.5. The molecule has 1 atom stereocenters. The Labute approximate surface area is 158 Å². The highest BCUT2D eigenvalue weighted by atomic mass is 16.5. The summed E-state index contributed by atoms with van der Waals surface area (Å²) in [7, 11) is 3.13. The molecule has 0 bridgehead atoms. The van der Waals surface area contributed by atoms with E-state index in [0.29, 0.717) is 17.2 Å². The van der Waals surface area contributed by atoms with Crippen LogP contribution in [0.3, 0.4) is 0 Å². The number of methoxy groups -OCH3 is 2. The molecule has 2 aromatic carbocycles. The Morgan fingerprint density at radius 3 is 2.30 bits per heavy atom. The van der Waals surface area contributed by atoms with Crippen molar-refractivity contribution in [2.75, 3.05) is 19.5 Å². The van der Waals surface area contributed by atoms with Crippen LogP contribution in [-0.4, -0.2) is 26.1 Å². The van der Waals surface area contributed by atoms with Crippen molar-refractivity contribution in [1.29, 1.82) is 0 Å². The lowest BCUT2D eigenvalue weighted by Gasteiger charge is -2.13. The molecule has 6 heteroatoms. The second-order valence-corrected chi connectivity index (χ2v) is 5.87. The zero-order chi connectivity index (χ0) is 19.8. The second-order valence-electron chi connectivity index (χ2n) is 5.87. The number of ether oxygens (including phenoxy) is 3. The minimum atomic E-state index is -0.478. The molecule has 142 valence electrons. The van der Waals surface area contributed by atoms with Crippen LogP contribution < -0.4 is 14.8 Å². The van der Waals surface area contributed by atoms with E-state index in [-0.39, 0.29) is 5.91 Å². The largest absolute Gasteiger partial charge is 0.497 e. The van der Waals surface area contributed by atoms with Crippen LogP contribution >= 0.6 is 0 Å². The summed E-state index contributed by atoms with van der Waals surface area (Å²) in [6.45, 7) is 3.21. The SMILES string of the molecule is COc1cc(C=CC(=O)OC(C)c2cccc(NC(C)=O)c2)cc(OC)c1. The Bertz CT molecular complexity index is 822. The van der Waals surface area contributed by atoms with E-state index < -0.39 is 12.1 Å². The third kappa shape index (κ3) is 6.18. The standard InChI is InChI=1S/C21H23NO5/c1-14(17-6-5-7-18(12-17)22-15(2)23)27-21(24)9-8-16-10-19(25-3)13-20(11-16)26-4/h5-14H,1-4H3,(H,22,23). The van der Waals surface area contributed by atoms with Gasteiger partial charge in [-0.05, 0) is 48.4 Å². The highest BCUT2D eigenvalue weighted by Crippen LogP contribution is 2.24. The molecule has 0 saturated heterocycles. The lowest BCUT2D eigenvalue weighted by molar-refractivity contribution is -0.142. The van der Waals surface area contributed by atoms with Gasteiger partial charge < -0.3 is 19.5 Å². The van der Waals surface area contributed by atoms with Crippen molar-refractivity contribution in [2.24, 2.45) is 0 Å². The summed E-state index contributed by atoms with van der Waals surface area (Å²) in [6.07, 6.45) is 2.52. The van der Waals surface area contributed by atoms with Crippen LogP contribution in [0.1, 0.15) is 31.1 Å². The molecule has 0 saturated carbocycles. The van der Waals surface area contributed by atoms with E-state index in [2.05, 4.69) is 5.32 Å². The van der Waals surface area contributed by atoms with Crippen molar-refractivity contribution in [3.05, 3.63) is 59.7 Å². The van der Waals surface area contributed by atoms with Gasteiger partial charge in [-0.25, -0.2) is 4.79 Å². The molecule has 1 N–H and O–H groups in total. The third-order valence-electron chi connectivity index (χ3n) is 3.75. The molecule has 0 fully saturated rings. The fraction of sp³-hybridized carbons (Fsp3) is 0.238. The van der Waals surface area contributed by atoms with Crippen molar-refractivity contribution >= 4 is 23.6 Å². The van der Waals surface area contributed by atoms with E-state index in [1.807, 2.05) is 6.07 Å². The monoisotopic (exact) mass is 369 g/mol. The average Bonchev–Trinajstić information content (AvgIpc) is 2.65. The van der Waals surface area contributed by atoms with E-state index >= 15 is 0 Å². The van der Waals surface area contributed by atoms with E-state index in [1.54, 1.807) is 63.6 Å². The van der Waals surface area contributed by atoms with Gasteiger partial charge in [0.1, 0.15) is 17.6 Å². The van der Waals surface area contributed by atoms with Gasteiger partial charge in [0.25, 0.3) is 0 Å². The van der Waals surface area contributed by atoms with Crippen molar-refractivity contribution < 1.29 is 23.8 Å². The number of hydrogen-bond acceptors (Lipinski definition) is 5. The van der Waals surface area contributed by atoms with Crippen LogP contribution in [0.2, 0.25) is 0 Å². The van der Waals surface area contributed by atoms with Crippen LogP contribution in [0, 0.1) is 0 Å². The van der Waals surface area contributed by atoms with Crippen molar-refractivity contribution in [1.82, 2.24) is 0 Å². The molecule has 0 heterocycles. The predicted molar refractivity (Wildman–Crippen MR) is 104 cm³/mol. The molecule has 1 unspecified atom stereocenters. The first kappa shape index (κ1) is 20.0. The second kappa shape index (κ2) is 9.43. The number of carbonyl (C=O) groups is 2. The summed E-state index contributed by atoms with van der Waals surface area (Å²) < 4.78 is 15.8. The quantitative estimate of drug-likeness (QED) is 0.590. The Kier molecular flexibility index (Phi) is 7.00. The van der Waals surface area contributed by atoms with Crippen LogP contribution in [0.4, 0.5) is 5.69 Å². The van der Waals surface area contributed by atoms with Gasteiger partial charge in [0.15, 0.2) is 0 Å². The van der Waals surface area contributed by atoms with Gasteiger partial charge in [0.2, 0.25) is 5.91 Å². The Hall–Kier alpha value is -3.28. The molecular formula is C21H23NO5. The molecule has 0 spiro atoms. The van der Waals surface area contributed by atoms with Gasteiger partial charge in [0.05, 0.1) is 14.2 Å². The minimum Gasteiger partial charge on any atom is -0.497 e. The zero-order valence-corrected chi connectivity index (χ0v) is 15.8. The third-order valence-corrected chi connectivity index (χ3v) is 3.75. The molecule has 0 aromatic heterocycles. The molecule has 1 amide bonds. The van der Waals surface area contributed by atoms with Crippen molar-refractivity contribution in [2.45, 2.75) is 20.0 Å². The first-order chi connectivity index (χ1) is 12.9. The average molecular weight is 369 g/mol. The number of esters is 1. The topological polar surface area (TPSA) is 73.9 Å². The van der Waals surface area contributed by atoms with Crippen LogP contribution in [0.25, 0.3) is 6.08 Å². The Morgan fingerprint density at radius 2 is 1.70 bits per heavy atom. The van der Waals surface area contributed by atoms with Crippen LogP contribution in [0.15, 0.2) is 48.5 Å². The highest BCUT2D eigenvalue weighted by Gasteiger charge is 2.11. The van der Waals surface area contributed by atoms with Gasteiger partial charge in [-0.3, -0.25) is 4.79 Å². The molecular weight excluding hydrogens is 346 g/mol. The molecule has 0 aliphatic heterocycles. The molecule has 2 rings (SSSR count). The lowest BCUT2D eigenvalue weighted by atomic mass is 10.1. The predicted octanol–water partition coefficient (Wildman–Crippen LogP) is 3.98. The summed E-state index contributed by atoms with van der Waals surface area (Å²) in [5.41, 5.74) is 2.19. The minimum absolute atomic E-state index is 0.159. The summed E-state index contributed by atoms with van der Waals surface area (Å²) >= 11 is 0. The number of hydrogen-bond donors (Lipinski definition) is 1. The fourth-order valence-electron chi connectivity index (χ4n) is 2.44. The van der Waals surface area contributed by atoms with Crippen LogP contribution in [-0.2, 0) is 14.3 Å². The van der Waals surface area contributed by atoms with E-state index in [9.17, 15) is 9.59 Å². The number of amides is 1. The number of anilines is 1. The van der Waals surface area contributed by atoms with Gasteiger partial charge in [0, 0.05) is 24.8 Å². The van der Waals surface area contributed by atoms with Gasteiger partial charge in [-0.1, -0.05) is 12.1 Å². The Morgan fingerprint density at radius 1 is 1.04 bits per heavy atom. The summed E-state index contributed by atoms with van der Waals surface area (Å²) in [4.78, 5) is 23.3. The maximum Gasteiger partial charge on any atom is 0.331 e. The smallest absolute Gasteiger partial charge is 0.331 e. The fourth-order valence-corrected chi connectivity index (χ4v) is 2.44. The number of carbonyl (C=O) groups excluding carboxylic acids is 2. The number of rotatable bonds is 7. The van der Waals surface area contributed by atoms with Crippen molar-refractivity contribution in [3.63, 3.8) is 0 Å². The van der Waals surface area contributed by atoms with Gasteiger partial charge in [-0.15, -0.1) is 0 Å².